The Hall–Kier alpha value is -2.39. The number of halogens is 1. The number of anilines is 2. The lowest BCUT2D eigenvalue weighted by atomic mass is 10.2. The molecule has 0 spiro atoms. The van der Waals surface area contributed by atoms with E-state index in [0.29, 0.717) is 36.3 Å². The van der Waals surface area contributed by atoms with Gasteiger partial charge < -0.3 is 15.1 Å². The summed E-state index contributed by atoms with van der Waals surface area (Å²) in [6.45, 7) is 2.48. The van der Waals surface area contributed by atoms with Crippen molar-refractivity contribution in [3.63, 3.8) is 0 Å². The van der Waals surface area contributed by atoms with Crippen LogP contribution in [0, 0.1) is 0 Å². The Morgan fingerprint density at radius 2 is 2.04 bits per heavy atom. The van der Waals surface area contributed by atoms with E-state index in [4.69, 9.17) is 11.6 Å². The number of piperazine rings is 1. The van der Waals surface area contributed by atoms with Crippen LogP contribution < -0.4 is 15.5 Å². The highest BCUT2D eigenvalue weighted by Crippen LogP contribution is 2.20. The smallest absolute Gasteiger partial charge is 0.317 e. The number of amides is 3. The Bertz CT molecular complexity index is 733. The van der Waals surface area contributed by atoms with E-state index in [9.17, 15) is 9.59 Å². The third-order valence-electron chi connectivity index (χ3n) is 3.75. The van der Waals surface area contributed by atoms with Crippen molar-refractivity contribution in [3.05, 3.63) is 34.8 Å². The van der Waals surface area contributed by atoms with E-state index in [1.807, 2.05) is 24.3 Å². The molecule has 2 heterocycles. The normalized spacial score (nSPS) is 14.3. The first-order chi connectivity index (χ1) is 12.1. The second-order valence-corrected chi connectivity index (χ2v) is 6.67. The molecule has 0 unspecified atom stereocenters. The third-order valence-corrected chi connectivity index (χ3v) is 4.59. The van der Waals surface area contributed by atoms with E-state index in [1.54, 1.807) is 4.90 Å². The number of aromatic nitrogens is 2. The summed E-state index contributed by atoms with van der Waals surface area (Å²) in [5.74, 6) is -0.331. The van der Waals surface area contributed by atoms with Gasteiger partial charge in [0, 0.05) is 36.9 Å². The van der Waals surface area contributed by atoms with Crippen molar-refractivity contribution < 1.29 is 9.59 Å². The van der Waals surface area contributed by atoms with Gasteiger partial charge >= 0.3 is 6.03 Å². The predicted molar refractivity (Wildman–Crippen MR) is 97.2 cm³/mol. The first-order valence-corrected chi connectivity index (χ1v) is 8.97. The highest BCUT2D eigenvalue weighted by molar-refractivity contribution is 7.13. The number of carbonyl (C=O) groups is 2. The predicted octanol–water partition coefficient (Wildman–Crippen LogP) is 1.66. The molecule has 0 atom stereocenters. The zero-order valence-corrected chi connectivity index (χ0v) is 14.9. The highest BCUT2D eigenvalue weighted by Gasteiger charge is 2.21. The standard InChI is InChI=1S/C15H17ClN6O2S/c16-11-2-1-3-12(8-11)21-4-6-22(7-5-21)15(24)17-9-13(23)19-14-20-18-10-25-14/h1-3,8,10H,4-7,9H2,(H,17,24)(H,19,20,23). The molecule has 2 N–H and O–H groups in total. The van der Waals surface area contributed by atoms with Crippen LogP contribution in [0.4, 0.5) is 15.6 Å². The summed E-state index contributed by atoms with van der Waals surface area (Å²) in [6, 6.07) is 7.40. The highest BCUT2D eigenvalue weighted by atomic mass is 35.5. The average molecular weight is 381 g/mol. The average Bonchev–Trinajstić information content (AvgIpc) is 3.13. The fourth-order valence-electron chi connectivity index (χ4n) is 2.50. The molecule has 10 heteroatoms. The third kappa shape index (κ3) is 4.80. The quantitative estimate of drug-likeness (QED) is 0.841. The zero-order chi connectivity index (χ0) is 17.6. The van der Waals surface area contributed by atoms with Crippen LogP contribution >= 0.6 is 22.9 Å². The van der Waals surface area contributed by atoms with E-state index in [1.165, 1.54) is 16.8 Å². The number of benzene rings is 1. The summed E-state index contributed by atoms with van der Waals surface area (Å²) < 4.78 is 0. The summed E-state index contributed by atoms with van der Waals surface area (Å²) in [5, 5.41) is 13.6. The van der Waals surface area contributed by atoms with Crippen LogP contribution in [-0.4, -0.2) is 59.8 Å². The van der Waals surface area contributed by atoms with Gasteiger partial charge in [0.2, 0.25) is 11.0 Å². The molecule has 0 saturated carbocycles. The molecule has 0 aliphatic carbocycles. The maximum absolute atomic E-state index is 12.2. The van der Waals surface area contributed by atoms with Crippen molar-refractivity contribution in [2.24, 2.45) is 0 Å². The largest absolute Gasteiger partial charge is 0.368 e. The topological polar surface area (TPSA) is 90.5 Å². The summed E-state index contributed by atoms with van der Waals surface area (Å²) in [7, 11) is 0. The molecule has 3 amide bonds. The molecule has 1 fully saturated rings. The van der Waals surface area contributed by atoms with E-state index >= 15 is 0 Å². The summed E-state index contributed by atoms with van der Waals surface area (Å²) >= 11 is 7.24. The molecule has 25 heavy (non-hydrogen) atoms. The lowest BCUT2D eigenvalue weighted by Gasteiger charge is -2.36. The van der Waals surface area contributed by atoms with Gasteiger partial charge in [-0.15, -0.1) is 10.2 Å². The lowest BCUT2D eigenvalue weighted by Crippen LogP contribution is -2.52. The van der Waals surface area contributed by atoms with Crippen LogP contribution in [-0.2, 0) is 4.79 Å². The van der Waals surface area contributed by atoms with E-state index in [-0.39, 0.29) is 18.5 Å². The fourth-order valence-corrected chi connectivity index (χ4v) is 3.14. The van der Waals surface area contributed by atoms with E-state index < -0.39 is 0 Å². The van der Waals surface area contributed by atoms with Crippen LogP contribution in [0.3, 0.4) is 0 Å². The maximum atomic E-state index is 12.2. The van der Waals surface area contributed by atoms with Crippen molar-refractivity contribution in [1.29, 1.82) is 0 Å². The molecule has 8 nitrogen and oxygen atoms in total. The summed E-state index contributed by atoms with van der Waals surface area (Å²) in [6.07, 6.45) is 0. The van der Waals surface area contributed by atoms with E-state index in [2.05, 4.69) is 25.7 Å². The van der Waals surface area contributed by atoms with Gasteiger partial charge in [-0.1, -0.05) is 29.0 Å². The maximum Gasteiger partial charge on any atom is 0.317 e. The Morgan fingerprint density at radius 1 is 1.24 bits per heavy atom. The molecule has 0 radical (unpaired) electrons. The van der Waals surface area contributed by atoms with Crippen molar-refractivity contribution in [1.82, 2.24) is 20.4 Å². The first kappa shape index (κ1) is 17.4. The minimum Gasteiger partial charge on any atom is -0.368 e. The van der Waals surface area contributed by atoms with Gasteiger partial charge in [0.1, 0.15) is 5.51 Å². The first-order valence-electron chi connectivity index (χ1n) is 7.71. The van der Waals surface area contributed by atoms with Crippen LogP contribution in [0.25, 0.3) is 0 Å². The van der Waals surface area contributed by atoms with Crippen LogP contribution in [0.15, 0.2) is 29.8 Å². The molecule has 1 aliphatic rings. The number of urea groups is 1. The zero-order valence-electron chi connectivity index (χ0n) is 13.3. The molecule has 2 aromatic rings. The molecule has 1 aliphatic heterocycles. The second kappa shape index (κ2) is 8.13. The van der Waals surface area contributed by atoms with Gasteiger partial charge in [-0.05, 0) is 18.2 Å². The molecule has 1 saturated heterocycles. The van der Waals surface area contributed by atoms with Crippen molar-refractivity contribution in [3.8, 4) is 0 Å². The van der Waals surface area contributed by atoms with Crippen LogP contribution in [0.1, 0.15) is 0 Å². The monoisotopic (exact) mass is 380 g/mol. The number of nitrogens with one attached hydrogen (secondary N) is 2. The second-order valence-electron chi connectivity index (χ2n) is 5.40. The van der Waals surface area contributed by atoms with Gasteiger partial charge in [-0.3, -0.25) is 10.1 Å². The number of hydrogen-bond acceptors (Lipinski definition) is 6. The van der Waals surface area contributed by atoms with E-state index in [0.717, 1.165) is 5.69 Å². The number of nitrogens with zero attached hydrogens (tertiary/aromatic N) is 4. The Morgan fingerprint density at radius 3 is 2.72 bits per heavy atom. The van der Waals surface area contributed by atoms with Gasteiger partial charge in [0.15, 0.2) is 0 Å². The number of hydrogen-bond donors (Lipinski definition) is 2. The van der Waals surface area contributed by atoms with Crippen LogP contribution in [0.5, 0.6) is 0 Å². The Balaban J connectivity index is 1.43. The van der Waals surface area contributed by atoms with Crippen LogP contribution in [0.2, 0.25) is 5.02 Å². The van der Waals surface area contributed by atoms with Crippen molar-refractivity contribution in [2.75, 3.05) is 42.9 Å². The minimum atomic E-state index is -0.331. The molecule has 0 bridgehead atoms. The number of carbonyl (C=O) groups excluding carboxylic acids is 2. The molecular weight excluding hydrogens is 364 g/mol. The molecular formula is C15H17ClN6O2S. The van der Waals surface area contributed by atoms with Gasteiger partial charge in [-0.25, -0.2) is 4.79 Å². The fraction of sp³-hybridized carbons (Fsp3) is 0.333. The van der Waals surface area contributed by atoms with Crippen molar-refractivity contribution in [2.45, 2.75) is 0 Å². The lowest BCUT2D eigenvalue weighted by molar-refractivity contribution is -0.115. The van der Waals surface area contributed by atoms with Gasteiger partial charge in [0.05, 0.1) is 6.54 Å². The SMILES string of the molecule is O=C(CNC(=O)N1CCN(c2cccc(Cl)c2)CC1)Nc1nncs1. The van der Waals surface area contributed by atoms with Gasteiger partial charge in [-0.2, -0.15) is 0 Å². The molecule has 3 rings (SSSR count). The Kier molecular flexibility index (Phi) is 5.67. The summed E-state index contributed by atoms with van der Waals surface area (Å²) in [5.41, 5.74) is 2.57. The summed E-state index contributed by atoms with van der Waals surface area (Å²) in [4.78, 5) is 27.8. The minimum absolute atomic E-state index is 0.104. The van der Waals surface area contributed by atoms with Gasteiger partial charge in [0.25, 0.3) is 0 Å². The number of rotatable bonds is 4. The van der Waals surface area contributed by atoms with Crippen molar-refractivity contribution >= 4 is 45.7 Å². The molecule has 1 aromatic heterocycles. The Labute approximate surface area is 153 Å². The molecule has 1 aromatic carbocycles. The molecule has 132 valence electrons.